The molecule has 0 heterocycles. The summed E-state index contributed by atoms with van der Waals surface area (Å²) < 4.78 is 14.1. The van der Waals surface area contributed by atoms with Crippen LogP contribution >= 0.6 is 0 Å². The van der Waals surface area contributed by atoms with E-state index in [4.69, 9.17) is 0 Å². The molecule has 1 aromatic rings. The zero-order valence-corrected chi connectivity index (χ0v) is 11.8. The molecule has 3 heteroatoms. The van der Waals surface area contributed by atoms with Crippen molar-refractivity contribution in [3.63, 3.8) is 0 Å². The molecule has 2 aliphatic rings. The summed E-state index contributed by atoms with van der Waals surface area (Å²) in [5, 5.41) is 3.18. The zero-order chi connectivity index (χ0) is 14.0. The van der Waals surface area contributed by atoms with Crippen LogP contribution in [0.3, 0.4) is 0 Å². The first-order valence-electron chi connectivity index (χ1n) is 7.78. The maximum atomic E-state index is 14.1. The number of nitrogens with one attached hydrogen (secondary N) is 1. The molecule has 0 spiro atoms. The number of rotatable bonds is 3. The van der Waals surface area contributed by atoms with Gasteiger partial charge in [-0.05, 0) is 31.7 Å². The first-order valence-corrected chi connectivity index (χ1v) is 7.78. The molecule has 2 nitrogen and oxygen atoms in total. The summed E-state index contributed by atoms with van der Waals surface area (Å²) in [5.74, 6) is -0.202. The molecule has 2 saturated carbocycles. The smallest absolute Gasteiger partial charge is 0.230 e. The Morgan fingerprint density at radius 2 is 1.80 bits per heavy atom. The Morgan fingerprint density at radius 3 is 2.40 bits per heavy atom. The van der Waals surface area contributed by atoms with Crippen molar-refractivity contribution < 1.29 is 9.18 Å². The van der Waals surface area contributed by atoms with E-state index in [1.54, 1.807) is 12.1 Å². The maximum absolute atomic E-state index is 14.1. The summed E-state index contributed by atoms with van der Waals surface area (Å²) in [6.07, 6.45) is 8.34. The van der Waals surface area contributed by atoms with E-state index in [2.05, 4.69) is 5.32 Å². The van der Waals surface area contributed by atoms with Crippen molar-refractivity contribution >= 4 is 5.91 Å². The Kier molecular flexibility index (Phi) is 3.77. The Labute approximate surface area is 119 Å². The lowest BCUT2D eigenvalue weighted by atomic mass is 9.63. The Bertz CT molecular complexity index is 490. The van der Waals surface area contributed by atoms with Gasteiger partial charge in [0.05, 0.1) is 5.41 Å². The molecule has 0 aromatic heterocycles. The van der Waals surface area contributed by atoms with Crippen LogP contribution in [0.5, 0.6) is 0 Å². The van der Waals surface area contributed by atoms with Gasteiger partial charge in [0, 0.05) is 11.6 Å². The van der Waals surface area contributed by atoms with Crippen molar-refractivity contribution in [3.05, 3.63) is 35.6 Å². The SMILES string of the molecule is O=C(NC1CCCCC1)C1(c2ccccc2F)CCC1. The molecule has 0 bridgehead atoms. The second kappa shape index (κ2) is 5.55. The zero-order valence-electron chi connectivity index (χ0n) is 11.8. The van der Waals surface area contributed by atoms with Crippen LogP contribution in [0.15, 0.2) is 24.3 Å². The van der Waals surface area contributed by atoms with Crippen molar-refractivity contribution in [2.75, 3.05) is 0 Å². The van der Waals surface area contributed by atoms with Gasteiger partial charge in [0.15, 0.2) is 0 Å². The van der Waals surface area contributed by atoms with Gasteiger partial charge < -0.3 is 5.32 Å². The van der Waals surface area contributed by atoms with Crippen LogP contribution in [-0.4, -0.2) is 11.9 Å². The van der Waals surface area contributed by atoms with Crippen LogP contribution in [0.1, 0.15) is 56.9 Å². The fraction of sp³-hybridized carbons (Fsp3) is 0.588. The second-order valence-electron chi connectivity index (χ2n) is 6.22. The summed E-state index contributed by atoms with van der Waals surface area (Å²) >= 11 is 0. The van der Waals surface area contributed by atoms with Crippen LogP contribution in [0.25, 0.3) is 0 Å². The fourth-order valence-electron chi connectivity index (χ4n) is 3.57. The standard InChI is InChI=1S/C17H22FNO/c18-15-10-5-4-9-14(15)17(11-6-12-17)16(20)19-13-7-2-1-3-8-13/h4-5,9-10,13H,1-3,6-8,11-12H2,(H,19,20). The van der Waals surface area contributed by atoms with E-state index in [0.29, 0.717) is 11.6 Å². The first kappa shape index (κ1) is 13.6. The highest BCUT2D eigenvalue weighted by Gasteiger charge is 2.47. The predicted molar refractivity (Wildman–Crippen MR) is 76.9 cm³/mol. The van der Waals surface area contributed by atoms with E-state index in [0.717, 1.165) is 32.1 Å². The molecule has 20 heavy (non-hydrogen) atoms. The van der Waals surface area contributed by atoms with Crippen LogP contribution < -0.4 is 5.32 Å². The van der Waals surface area contributed by atoms with Gasteiger partial charge in [-0.2, -0.15) is 0 Å². The average Bonchev–Trinajstić information content (AvgIpc) is 2.41. The molecule has 1 N–H and O–H groups in total. The number of carbonyl (C=O) groups is 1. The molecular formula is C17H22FNO. The molecule has 0 radical (unpaired) electrons. The summed E-state index contributed by atoms with van der Waals surface area (Å²) in [4.78, 5) is 12.7. The van der Waals surface area contributed by atoms with E-state index in [1.165, 1.54) is 25.3 Å². The first-order chi connectivity index (χ1) is 9.72. The minimum absolute atomic E-state index is 0.0424. The van der Waals surface area contributed by atoms with Gasteiger partial charge in [-0.15, -0.1) is 0 Å². The average molecular weight is 275 g/mol. The highest BCUT2D eigenvalue weighted by Crippen LogP contribution is 2.45. The van der Waals surface area contributed by atoms with Gasteiger partial charge in [0.1, 0.15) is 5.82 Å². The molecule has 0 unspecified atom stereocenters. The number of hydrogen-bond donors (Lipinski definition) is 1. The van der Waals surface area contributed by atoms with Crippen molar-refractivity contribution in [1.29, 1.82) is 0 Å². The lowest BCUT2D eigenvalue weighted by Gasteiger charge is -2.42. The molecule has 108 valence electrons. The molecule has 0 aliphatic heterocycles. The van der Waals surface area contributed by atoms with Crippen molar-refractivity contribution in [2.24, 2.45) is 0 Å². The normalized spacial score (nSPS) is 22.1. The minimum Gasteiger partial charge on any atom is -0.353 e. The highest BCUT2D eigenvalue weighted by atomic mass is 19.1. The van der Waals surface area contributed by atoms with E-state index in [-0.39, 0.29) is 11.7 Å². The number of halogens is 1. The van der Waals surface area contributed by atoms with Gasteiger partial charge in [-0.3, -0.25) is 4.79 Å². The largest absolute Gasteiger partial charge is 0.353 e. The van der Waals surface area contributed by atoms with Gasteiger partial charge in [-0.25, -0.2) is 4.39 Å². The van der Waals surface area contributed by atoms with Crippen molar-refractivity contribution in [1.82, 2.24) is 5.32 Å². The molecule has 1 amide bonds. The third-order valence-electron chi connectivity index (χ3n) is 4.97. The summed E-state index contributed by atoms with van der Waals surface area (Å²) in [7, 11) is 0. The lowest BCUT2D eigenvalue weighted by molar-refractivity contribution is -0.131. The maximum Gasteiger partial charge on any atom is 0.230 e. The number of benzene rings is 1. The third-order valence-corrected chi connectivity index (χ3v) is 4.97. The molecule has 0 saturated heterocycles. The van der Waals surface area contributed by atoms with Gasteiger partial charge in [-0.1, -0.05) is 43.9 Å². The topological polar surface area (TPSA) is 29.1 Å². The Hall–Kier alpha value is -1.38. The third kappa shape index (κ3) is 2.34. The van der Waals surface area contributed by atoms with Crippen LogP contribution in [0.2, 0.25) is 0 Å². The van der Waals surface area contributed by atoms with Crippen molar-refractivity contribution in [3.8, 4) is 0 Å². The molecular weight excluding hydrogens is 253 g/mol. The highest BCUT2D eigenvalue weighted by molar-refractivity contribution is 5.89. The van der Waals surface area contributed by atoms with Gasteiger partial charge in [0.2, 0.25) is 5.91 Å². The Morgan fingerprint density at radius 1 is 1.10 bits per heavy atom. The molecule has 1 aromatic carbocycles. The monoisotopic (exact) mass is 275 g/mol. The van der Waals surface area contributed by atoms with E-state index in [1.807, 2.05) is 6.07 Å². The second-order valence-corrected chi connectivity index (χ2v) is 6.22. The molecule has 2 aliphatic carbocycles. The van der Waals surface area contributed by atoms with Crippen molar-refractivity contribution in [2.45, 2.75) is 62.8 Å². The summed E-state index contributed by atoms with van der Waals surface area (Å²) in [5.41, 5.74) is -0.0254. The summed E-state index contributed by atoms with van der Waals surface area (Å²) in [6, 6.07) is 7.04. The number of hydrogen-bond acceptors (Lipinski definition) is 1. The minimum atomic E-state index is -0.608. The quantitative estimate of drug-likeness (QED) is 0.895. The van der Waals surface area contributed by atoms with Gasteiger partial charge in [0.25, 0.3) is 0 Å². The molecule has 3 rings (SSSR count). The van der Waals surface area contributed by atoms with Crippen LogP contribution in [-0.2, 0) is 10.2 Å². The van der Waals surface area contributed by atoms with E-state index in [9.17, 15) is 9.18 Å². The number of carbonyl (C=O) groups excluding carboxylic acids is 1. The van der Waals surface area contributed by atoms with Gasteiger partial charge >= 0.3 is 0 Å². The Balaban J connectivity index is 1.78. The number of amides is 1. The predicted octanol–water partition coefficient (Wildman–Crippen LogP) is 3.70. The van der Waals surface area contributed by atoms with E-state index >= 15 is 0 Å². The molecule has 2 fully saturated rings. The summed E-state index contributed by atoms with van der Waals surface area (Å²) in [6.45, 7) is 0. The van der Waals surface area contributed by atoms with E-state index < -0.39 is 5.41 Å². The lowest BCUT2D eigenvalue weighted by Crippen LogP contribution is -2.52. The van der Waals surface area contributed by atoms with Crippen LogP contribution in [0.4, 0.5) is 4.39 Å². The fourth-order valence-corrected chi connectivity index (χ4v) is 3.57. The van der Waals surface area contributed by atoms with Crippen LogP contribution in [0, 0.1) is 5.82 Å². The molecule has 0 atom stereocenters.